The summed E-state index contributed by atoms with van der Waals surface area (Å²) >= 11 is 0. The monoisotopic (exact) mass is 336 g/mol. The van der Waals surface area contributed by atoms with E-state index in [0.717, 1.165) is 11.0 Å². The molecule has 0 saturated heterocycles. The molecule has 2 aromatic heterocycles. The van der Waals surface area contributed by atoms with Crippen LogP contribution in [0.25, 0.3) is 11.0 Å². The highest BCUT2D eigenvalue weighted by molar-refractivity contribution is 6.03. The SMILES string of the molecule is Cl.Cn1c(=O)n(C)c2cc(NC(=O)c3ccc(CN)o3)ccc21. The van der Waals surface area contributed by atoms with Gasteiger partial charge in [0.25, 0.3) is 5.91 Å². The second-order valence-electron chi connectivity index (χ2n) is 5.03. The molecule has 0 unspecified atom stereocenters. The van der Waals surface area contributed by atoms with E-state index in [9.17, 15) is 9.59 Å². The maximum absolute atomic E-state index is 12.1. The van der Waals surface area contributed by atoms with Crippen LogP contribution in [0, 0.1) is 0 Å². The highest BCUT2D eigenvalue weighted by atomic mass is 35.5. The van der Waals surface area contributed by atoms with Crippen molar-refractivity contribution in [1.29, 1.82) is 0 Å². The number of benzene rings is 1. The minimum absolute atomic E-state index is 0. The lowest BCUT2D eigenvalue weighted by molar-refractivity contribution is 0.0995. The van der Waals surface area contributed by atoms with Crippen molar-refractivity contribution in [2.24, 2.45) is 19.8 Å². The third-order valence-electron chi connectivity index (χ3n) is 3.62. The molecule has 0 spiro atoms. The number of rotatable bonds is 3. The van der Waals surface area contributed by atoms with Gasteiger partial charge in [-0.2, -0.15) is 0 Å². The molecule has 3 N–H and O–H groups in total. The summed E-state index contributed by atoms with van der Waals surface area (Å²) in [6.45, 7) is 0.241. The second-order valence-corrected chi connectivity index (χ2v) is 5.03. The van der Waals surface area contributed by atoms with E-state index >= 15 is 0 Å². The van der Waals surface area contributed by atoms with Gasteiger partial charge in [-0.3, -0.25) is 13.9 Å². The summed E-state index contributed by atoms with van der Waals surface area (Å²) in [5, 5.41) is 2.75. The van der Waals surface area contributed by atoms with Crippen LogP contribution in [-0.2, 0) is 20.6 Å². The minimum Gasteiger partial charge on any atom is -0.455 e. The van der Waals surface area contributed by atoms with Gasteiger partial charge in [0.15, 0.2) is 5.76 Å². The molecule has 7 nitrogen and oxygen atoms in total. The molecule has 0 radical (unpaired) electrons. The first-order valence-electron chi connectivity index (χ1n) is 6.77. The molecule has 3 aromatic rings. The highest BCUT2D eigenvalue weighted by Gasteiger charge is 2.13. The number of nitrogens with zero attached hydrogens (tertiary/aromatic N) is 2. The van der Waals surface area contributed by atoms with Gasteiger partial charge < -0.3 is 15.5 Å². The number of nitrogens with one attached hydrogen (secondary N) is 1. The summed E-state index contributed by atoms with van der Waals surface area (Å²) in [5.41, 5.74) is 7.47. The van der Waals surface area contributed by atoms with Crippen molar-refractivity contribution in [3.63, 3.8) is 0 Å². The normalized spacial score (nSPS) is 10.6. The molecular formula is C15H17ClN4O3. The Kier molecular flexibility index (Phi) is 4.63. The van der Waals surface area contributed by atoms with Gasteiger partial charge in [-0.15, -0.1) is 12.4 Å². The predicted molar refractivity (Wildman–Crippen MR) is 90.0 cm³/mol. The Labute approximate surface area is 138 Å². The standard InChI is InChI=1S/C15H16N4O3.ClH/c1-18-11-5-3-9(7-12(11)19(2)15(18)21)17-14(20)13-6-4-10(8-16)22-13;/h3-7H,8,16H2,1-2H3,(H,17,20);1H. The molecule has 0 fully saturated rings. The zero-order valence-corrected chi connectivity index (χ0v) is 13.5. The van der Waals surface area contributed by atoms with E-state index in [-0.39, 0.29) is 36.3 Å². The first-order valence-corrected chi connectivity index (χ1v) is 6.77. The number of fused-ring (bicyclic) bond motifs is 1. The predicted octanol–water partition coefficient (Wildman–Crippen LogP) is 1.60. The molecule has 8 heteroatoms. The Morgan fingerprint density at radius 3 is 2.52 bits per heavy atom. The number of halogens is 1. The van der Waals surface area contributed by atoms with Gasteiger partial charge >= 0.3 is 5.69 Å². The van der Waals surface area contributed by atoms with Crippen LogP contribution in [0.1, 0.15) is 16.3 Å². The summed E-state index contributed by atoms with van der Waals surface area (Å²) in [5.74, 6) is 0.383. The van der Waals surface area contributed by atoms with Crippen LogP contribution < -0.4 is 16.7 Å². The number of aromatic nitrogens is 2. The van der Waals surface area contributed by atoms with E-state index in [2.05, 4.69) is 5.32 Å². The van der Waals surface area contributed by atoms with Crippen molar-refractivity contribution in [2.75, 3.05) is 5.32 Å². The zero-order chi connectivity index (χ0) is 15.9. The fourth-order valence-electron chi connectivity index (χ4n) is 2.39. The highest BCUT2D eigenvalue weighted by Crippen LogP contribution is 2.18. The third kappa shape index (κ3) is 2.88. The minimum atomic E-state index is -0.361. The van der Waals surface area contributed by atoms with Gasteiger partial charge in [-0.05, 0) is 30.3 Å². The molecule has 23 heavy (non-hydrogen) atoms. The van der Waals surface area contributed by atoms with Crippen molar-refractivity contribution >= 4 is 35.0 Å². The third-order valence-corrected chi connectivity index (χ3v) is 3.62. The molecule has 1 amide bonds. The number of amides is 1. The summed E-state index contributed by atoms with van der Waals surface area (Å²) in [7, 11) is 3.40. The Morgan fingerprint density at radius 1 is 1.17 bits per heavy atom. The lowest BCUT2D eigenvalue weighted by Crippen LogP contribution is -2.19. The first-order chi connectivity index (χ1) is 10.5. The van der Waals surface area contributed by atoms with Gasteiger partial charge in [-0.25, -0.2) is 4.79 Å². The Balaban J connectivity index is 0.00000192. The lowest BCUT2D eigenvalue weighted by atomic mass is 10.2. The molecule has 122 valence electrons. The number of hydrogen-bond donors (Lipinski definition) is 2. The van der Waals surface area contributed by atoms with Crippen molar-refractivity contribution in [3.8, 4) is 0 Å². The number of aryl methyl sites for hydroxylation is 2. The van der Waals surface area contributed by atoms with Crippen LogP contribution in [0.5, 0.6) is 0 Å². The van der Waals surface area contributed by atoms with E-state index in [1.807, 2.05) is 0 Å². The van der Waals surface area contributed by atoms with Crippen molar-refractivity contribution in [1.82, 2.24) is 9.13 Å². The van der Waals surface area contributed by atoms with Crippen LogP contribution in [0.3, 0.4) is 0 Å². The van der Waals surface area contributed by atoms with E-state index in [0.29, 0.717) is 11.4 Å². The van der Waals surface area contributed by atoms with E-state index in [4.69, 9.17) is 10.2 Å². The molecule has 0 aliphatic carbocycles. The van der Waals surface area contributed by atoms with Crippen LogP contribution in [0.15, 0.2) is 39.5 Å². The van der Waals surface area contributed by atoms with Gasteiger partial charge in [-0.1, -0.05) is 0 Å². The largest absolute Gasteiger partial charge is 0.455 e. The first kappa shape index (κ1) is 16.9. The maximum atomic E-state index is 12.1. The van der Waals surface area contributed by atoms with Gasteiger partial charge in [0.05, 0.1) is 17.6 Å². The summed E-state index contributed by atoms with van der Waals surface area (Å²) in [6, 6.07) is 8.53. The summed E-state index contributed by atoms with van der Waals surface area (Å²) in [6.07, 6.45) is 0. The number of carbonyl (C=O) groups excluding carboxylic acids is 1. The average molecular weight is 337 g/mol. The van der Waals surface area contributed by atoms with Crippen molar-refractivity contribution in [3.05, 3.63) is 52.3 Å². The molecule has 2 heterocycles. The van der Waals surface area contributed by atoms with Crippen LogP contribution in [0.2, 0.25) is 0 Å². The summed E-state index contributed by atoms with van der Waals surface area (Å²) in [4.78, 5) is 24.0. The molecule has 0 saturated carbocycles. The number of furan rings is 1. The number of hydrogen-bond acceptors (Lipinski definition) is 4. The van der Waals surface area contributed by atoms with Crippen molar-refractivity contribution in [2.45, 2.75) is 6.54 Å². The van der Waals surface area contributed by atoms with Crippen LogP contribution >= 0.6 is 12.4 Å². The molecule has 3 rings (SSSR count). The molecule has 0 aliphatic heterocycles. The molecule has 0 bridgehead atoms. The zero-order valence-electron chi connectivity index (χ0n) is 12.7. The number of anilines is 1. The molecule has 1 aromatic carbocycles. The van der Waals surface area contributed by atoms with Gasteiger partial charge in [0, 0.05) is 19.8 Å². The lowest BCUT2D eigenvalue weighted by Gasteiger charge is -2.04. The Bertz CT molecular complexity index is 923. The van der Waals surface area contributed by atoms with Crippen molar-refractivity contribution < 1.29 is 9.21 Å². The topological polar surface area (TPSA) is 95.2 Å². The fraction of sp³-hybridized carbons (Fsp3) is 0.200. The molecule has 0 atom stereocenters. The summed E-state index contributed by atoms with van der Waals surface area (Å²) < 4.78 is 8.39. The van der Waals surface area contributed by atoms with Gasteiger partial charge in [0.1, 0.15) is 5.76 Å². The van der Waals surface area contributed by atoms with Gasteiger partial charge in [0.2, 0.25) is 0 Å². The fourth-order valence-corrected chi connectivity index (χ4v) is 2.39. The Morgan fingerprint density at radius 2 is 1.87 bits per heavy atom. The number of carbonyl (C=O) groups is 1. The van der Waals surface area contributed by atoms with Crippen LogP contribution in [0.4, 0.5) is 5.69 Å². The second kappa shape index (κ2) is 6.31. The van der Waals surface area contributed by atoms with E-state index < -0.39 is 0 Å². The quantitative estimate of drug-likeness (QED) is 0.759. The Hall–Kier alpha value is -2.51. The van der Waals surface area contributed by atoms with E-state index in [1.165, 1.54) is 4.57 Å². The number of imidazole rings is 1. The number of nitrogens with two attached hydrogens (primary N) is 1. The van der Waals surface area contributed by atoms with Crippen LogP contribution in [-0.4, -0.2) is 15.0 Å². The molecule has 0 aliphatic rings. The maximum Gasteiger partial charge on any atom is 0.328 e. The smallest absolute Gasteiger partial charge is 0.328 e. The molecular weight excluding hydrogens is 320 g/mol. The van der Waals surface area contributed by atoms with E-state index in [1.54, 1.807) is 49.0 Å². The average Bonchev–Trinajstić information content (AvgIpc) is 3.08.